The van der Waals surface area contributed by atoms with Crippen LogP contribution in [0.25, 0.3) is 0 Å². The van der Waals surface area contributed by atoms with Crippen molar-refractivity contribution in [3.8, 4) is 0 Å². The Kier molecular flexibility index (Phi) is 2.93. The molecule has 0 bridgehead atoms. The number of alkyl halides is 1. The van der Waals surface area contributed by atoms with Gasteiger partial charge in [0, 0.05) is 19.3 Å². The first-order chi connectivity index (χ1) is 6.13. The predicted octanol–water partition coefficient (Wildman–Crippen LogP) is 1.76. The van der Waals surface area contributed by atoms with Gasteiger partial charge in [-0.1, -0.05) is 0 Å². The highest BCUT2D eigenvalue weighted by Gasteiger charge is 2.32. The number of hydrogen-bond acceptors (Lipinski definition) is 3. The molecule has 0 aromatic carbocycles. The molecule has 0 heterocycles. The average Bonchev–Trinajstić information content (AvgIpc) is 2.17. The minimum atomic E-state index is -1.81. The quantitative estimate of drug-likeness (QED) is 0.675. The van der Waals surface area contributed by atoms with Gasteiger partial charge >= 0.3 is 0 Å². The molecule has 0 N–H and O–H groups in total. The van der Waals surface area contributed by atoms with E-state index in [9.17, 15) is 4.39 Å². The molecule has 0 radical (unpaired) electrons. The second kappa shape index (κ2) is 3.79. The van der Waals surface area contributed by atoms with E-state index in [-0.39, 0.29) is 6.42 Å². The van der Waals surface area contributed by atoms with Crippen molar-refractivity contribution in [1.29, 1.82) is 0 Å². The summed E-state index contributed by atoms with van der Waals surface area (Å²) in [6, 6.07) is 0. The van der Waals surface area contributed by atoms with Crippen molar-refractivity contribution >= 4 is 0 Å². The van der Waals surface area contributed by atoms with Crippen LogP contribution in [0.2, 0.25) is 0 Å². The van der Waals surface area contributed by atoms with Gasteiger partial charge in [0.2, 0.25) is 5.85 Å². The van der Waals surface area contributed by atoms with E-state index < -0.39 is 5.85 Å². The maximum Gasteiger partial charge on any atom is 0.239 e. The summed E-state index contributed by atoms with van der Waals surface area (Å²) >= 11 is 0. The van der Waals surface area contributed by atoms with Crippen molar-refractivity contribution in [2.75, 3.05) is 21.3 Å². The molecule has 0 aromatic rings. The van der Waals surface area contributed by atoms with Crippen molar-refractivity contribution in [3.63, 3.8) is 0 Å². The van der Waals surface area contributed by atoms with Crippen molar-refractivity contribution in [3.05, 3.63) is 23.7 Å². The van der Waals surface area contributed by atoms with Crippen LogP contribution in [0.1, 0.15) is 6.42 Å². The van der Waals surface area contributed by atoms with Crippen LogP contribution >= 0.6 is 0 Å². The van der Waals surface area contributed by atoms with E-state index in [4.69, 9.17) is 14.2 Å². The summed E-state index contributed by atoms with van der Waals surface area (Å²) in [6.45, 7) is 0. The van der Waals surface area contributed by atoms with Crippen LogP contribution in [0, 0.1) is 0 Å². The van der Waals surface area contributed by atoms with Crippen LogP contribution in [0.3, 0.4) is 0 Å². The molecule has 0 aromatic heterocycles. The standard InChI is InChI=1S/C9H13FO3/c1-11-7-4-8(12-2)6-9(10,5-7)13-3/h4-5H,6H2,1-3H3. The minimum absolute atomic E-state index is 0.0763. The fourth-order valence-corrected chi connectivity index (χ4v) is 1.13. The third-order valence-corrected chi connectivity index (χ3v) is 1.91. The van der Waals surface area contributed by atoms with Gasteiger partial charge in [0.05, 0.1) is 20.6 Å². The summed E-state index contributed by atoms with van der Waals surface area (Å²) in [5, 5.41) is 0. The lowest BCUT2D eigenvalue weighted by Crippen LogP contribution is -2.26. The van der Waals surface area contributed by atoms with E-state index in [1.54, 1.807) is 6.08 Å². The summed E-state index contributed by atoms with van der Waals surface area (Å²) in [5.74, 6) is -0.901. The molecule has 4 heteroatoms. The van der Waals surface area contributed by atoms with Gasteiger partial charge in [-0.05, 0) is 0 Å². The smallest absolute Gasteiger partial charge is 0.239 e. The second-order valence-corrected chi connectivity index (χ2v) is 2.73. The average molecular weight is 188 g/mol. The van der Waals surface area contributed by atoms with Gasteiger partial charge in [-0.3, -0.25) is 0 Å². The van der Waals surface area contributed by atoms with Gasteiger partial charge in [0.1, 0.15) is 11.5 Å². The molecule has 0 aliphatic heterocycles. The molecular weight excluding hydrogens is 175 g/mol. The Morgan fingerprint density at radius 3 is 2.46 bits per heavy atom. The summed E-state index contributed by atoms with van der Waals surface area (Å²) in [6.07, 6.45) is 3.00. The molecular formula is C9H13FO3. The van der Waals surface area contributed by atoms with Gasteiger partial charge in [0.15, 0.2) is 0 Å². The molecule has 1 unspecified atom stereocenters. The molecule has 74 valence electrons. The third-order valence-electron chi connectivity index (χ3n) is 1.91. The highest BCUT2D eigenvalue weighted by atomic mass is 19.2. The molecule has 0 fully saturated rings. The van der Waals surface area contributed by atoms with E-state index >= 15 is 0 Å². The monoisotopic (exact) mass is 188 g/mol. The number of rotatable bonds is 3. The Bertz CT molecular complexity index is 247. The molecule has 1 aliphatic carbocycles. The molecule has 1 aliphatic rings. The fourth-order valence-electron chi connectivity index (χ4n) is 1.13. The molecule has 13 heavy (non-hydrogen) atoms. The Morgan fingerprint density at radius 1 is 1.31 bits per heavy atom. The van der Waals surface area contributed by atoms with E-state index in [1.807, 2.05) is 0 Å². The lowest BCUT2D eigenvalue weighted by Gasteiger charge is -2.25. The van der Waals surface area contributed by atoms with Crippen molar-refractivity contribution in [2.45, 2.75) is 12.3 Å². The predicted molar refractivity (Wildman–Crippen MR) is 45.6 cm³/mol. The molecule has 0 saturated heterocycles. The first-order valence-corrected chi connectivity index (χ1v) is 3.89. The maximum absolute atomic E-state index is 13.7. The van der Waals surface area contributed by atoms with Crippen LogP contribution in [0.5, 0.6) is 0 Å². The highest BCUT2D eigenvalue weighted by Crippen LogP contribution is 2.30. The van der Waals surface area contributed by atoms with Crippen molar-refractivity contribution in [1.82, 2.24) is 0 Å². The van der Waals surface area contributed by atoms with E-state index in [1.165, 1.54) is 27.4 Å². The molecule has 0 saturated carbocycles. The molecule has 0 spiro atoms. The summed E-state index contributed by atoms with van der Waals surface area (Å²) in [7, 11) is 4.26. The van der Waals surface area contributed by atoms with Crippen molar-refractivity contribution < 1.29 is 18.6 Å². The number of allylic oxidation sites excluding steroid dienone is 1. The molecule has 0 amide bonds. The van der Waals surface area contributed by atoms with Gasteiger partial charge < -0.3 is 14.2 Å². The van der Waals surface area contributed by atoms with Crippen LogP contribution < -0.4 is 0 Å². The van der Waals surface area contributed by atoms with Crippen LogP contribution in [0.4, 0.5) is 4.39 Å². The van der Waals surface area contributed by atoms with Crippen molar-refractivity contribution in [2.24, 2.45) is 0 Å². The van der Waals surface area contributed by atoms with Gasteiger partial charge in [-0.25, -0.2) is 4.39 Å². The first-order valence-electron chi connectivity index (χ1n) is 3.89. The summed E-state index contributed by atoms with van der Waals surface area (Å²) in [4.78, 5) is 0. The van der Waals surface area contributed by atoms with Gasteiger partial charge in [0.25, 0.3) is 0 Å². The van der Waals surface area contributed by atoms with Crippen LogP contribution in [-0.4, -0.2) is 27.2 Å². The Labute approximate surface area is 76.8 Å². The topological polar surface area (TPSA) is 27.7 Å². The highest BCUT2D eigenvalue weighted by molar-refractivity contribution is 5.25. The minimum Gasteiger partial charge on any atom is -0.501 e. The fraction of sp³-hybridized carbons (Fsp3) is 0.556. The zero-order valence-corrected chi connectivity index (χ0v) is 7.96. The number of halogens is 1. The Morgan fingerprint density at radius 2 is 2.00 bits per heavy atom. The van der Waals surface area contributed by atoms with E-state index in [0.29, 0.717) is 11.5 Å². The summed E-state index contributed by atoms with van der Waals surface area (Å²) in [5.41, 5.74) is 0. The normalized spacial score (nSPS) is 27.7. The van der Waals surface area contributed by atoms with Crippen LogP contribution in [0.15, 0.2) is 23.7 Å². The third kappa shape index (κ3) is 2.21. The Balaban J connectivity index is 2.88. The lowest BCUT2D eigenvalue weighted by molar-refractivity contribution is -0.0887. The Hall–Kier alpha value is -1.03. The number of methoxy groups -OCH3 is 3. The van der Waals surface area contributed by atoms with E-state index in [0.717, 1.165) is 0 Å². The SMILES string of the molecule is COC1=CC(F)(OC)CC(OC)=C1. The van der Waals surface area contributed by atoms with E-state index in [2.05, 4.69) is 0 Å². The maximum atomic E-state index is 13.7. The first kappa shape index (κ1) is 10.1. The second-order valence-electron chi connectivity index (χ2n) is 2.73. The largest absolute Gasteiger partial charge is 0.501 e. The van der Waals surface area contributed by atoms with Gasteiger partial charge in [-0.2, -0.15) is 0 Å². The lowest BCUT2D eigenvalue weighted by atomic mass is 10.1. The van der Waals surface area contributed by atoms with Crippen LogP contribution in [-0.2, 0) is 14.2 Å². The zero-order valence-electron chi connectivity index (χ0n) is 7.96. The summed E-state index contributed by atoms with van der Waals surface area (Å²) < 4.78 is 28.2. The molecule has 1 atom stereocenters. The number of ether oxygens (including phenoxy) is 3. The molecule has 3 nitrogen and oxygen atoms in total. The zero-order chi connectivity index (χ0) is 9.90. The number of hydrogen-bond donors (Lipinski definition) is 0. The molecule has 1 rings (SSSR count). The van der Waals surface area contributed by atoms with Gasteiger partial charge in [-0.15, -0.1) is 0 Å².